The minimum absolute atomic E-state index is 0.0273. The van der Waals surface area contributed by atoms with E-state index in [9.17, 15) is 18.0 Å². The largest absolute Gasteiger partial charge is 0.441 e. The molecule has 1 amide bonds. The van der Waals surface area contributed by atoms with Crippen LogP contribution in [0.3, 0.4) is 0 Å². The average Bonchev–Trinajstić information content (AvgIpc) is 3.47. The Hall–Kier alpha value is -3.90. The zero-order valence-electron chi connectivity index (χ0n) is 20.6. The maximum absolute atomic E-state index is 12.9. The lowest BCUT2D eigenvalue weighted by Crippen LogP contribution is -2.38. The van der Waals surface area contributed by atoms with Crippen LogP contribution in [0.1, 0.15) is 5.56 Å². The van der Waals surface area contributed by atoms with Crippen LogP contribution in [0.4, 0.5) is 35.3 Å². The minimum atomic E-state index is -4.52. The Balaban J connectivity index is 1.18. The zero-order chi connectivity index (χ0) is 26.9. The Morgan fingerprint density at radius 1 is 1.05 bits per heavy atom. The molecule has 5 rings (SSSR count). The van der Waals surface area contributed by atoms with Gasteiger partial charge in [0.2, 0.25) is 5.95 Å². The van der Waals surface area contributed by atoms with E-state index >= 15 is 0 Å². The molecule has 38 heavy (non-hydrogen) atoms. The second-order valence-corrected chi connectivity index (χ2v) is 9.20. The summed E-state index contributed by atoms with van der Waals surface area (Å²) in [6.45, 7) is 0.359. The van der Waals surface area contributed by atoms with Crippen LogP contribution in [0, 0.1) is 0 Å². The molecular formula is C26H26F3N5O4. The topological polar surface area (TPSA) is 97.8 Å². The predicted molar refractivity (Wildman–Crippen MR) is 134 cm³/mol. The first-order chi connectivity index (χ1) is 18.2. The number of carbonyl (C=O) groups is 1. The number of alkyl halides is 3. The number of carbonyl (C=O) groups excluding carboxylic acids is 1. The average molecular weight is 530 g/mol. The number of nitrogens with one attached hydrogen (secondary N) is 2. The first kappa shape index (κ1) is 25.7. The molecule has 2 fully saturated rings. The summed E-state index contributed by atoms with van der Waals surface area (Å²) >= 11 is 0. The minimum Gasteiger partial charge on any atom is -0.441 e. The molecule has 2 aromatic carbocycles. The van der Waals surface area contributed by atoms with Gasteiger partial charge in [0.05, 0.1) is 30.5 Å². The predicted octanol–water partition coefficient (Wildman–Crippen LogP) is 4.42. The van der Waals surface area contributed by atoms with Crippen molar-refractivity contribution < 1.29 is 32.2 Å². The van der Waals surface area contributed by atoms with Crippen LogP contribution >= 0.6 is 0 Å². The summed E-state index contributed by atoms with van der Waals surface area (Å²) in [5.74, 6) is 0.406. The summed E-state index contributed by atoms with van der Waals surface area (Å²) < 4.78 is 55.9. The standard InChI is InChI=1S/C26H26F3N5O4/c1-34(2)18-8-6-15(7-9-18)19-10-11-30-24(32-19)33-20-13-36-23-21(14-37-22(20)23)38-25(35)31-17-5-3-4-16(12-17)26(27,28)29/h3-12,20-23H,13-14H2,1-2H3,(H,31,35)(H,30,32,33). The lowest BCUT2D eigenvalue weighted by Gasteiger charge is -2.18. The molecule has 3 heterocycles. The van der Waals surface area contributed by atoms with Gasteiger partial charge in [0, 0.05) is 37.2 Å². The van der Waals surface area contributed by atoms with Gasteiger partial charge in [-0.05, 0) is 36.4 Å². The molecule has 9 nitrogen and oxygen atoms in total. The van der Waals surface area contributed by atoms with Crippen LogP contribution in [0.2, 0.25) is 0 Å². The molecule has 0 saturated carbocycles. The fourth-order valence-corrected chi connectivity index (χ4v) is 4.43. The Kier molecular flexibility index (Phi) is 7.09. The smallest absolute Gasteiger partial charge is 0.416 e. The van der Waals surface area contributed by atoms with E-state index in [0.717, 1.165) is 29.1 Å². The van der Waals surface area contributed by atoms with E-state index in [-0.39, 0.29) is 24.9 Å². The monoisotopic (exact) mass is 529 g/mol. The van der Waals surface area contributed by atoms with Crippen LogP contribution in [0.5, 0.6) is 0 Å². The van der Waals surface area contributed by atoms with Crippen molar-refractivity contribution in [2.24, 2.45) is 0 Å². The van der Waals surface area contributed by atoms with Crippen molar-refractivity contribution in [2.75, 3.05) is 42.8 Å². The number of anilines is 3. The van der Waals surface area contributed by atoms with Gasteiger partial charge in [0.25, 0.3) is 0 Å². The van der Waals surface area contributed by atoms with Gasteiger partial charge in [-0.25, -0.2) is 14.8 Å². The van der Waals surface area contributed by atoms with E-state index in [1.807, 2.05) is 49.3 Å². The van der Waals surface area contributed by atoms with Crippen molar-refractivity contribution in [1.29, 1.82) is 0 Å². The molecule has 0 aliphatic carbocycles. The number of amides is 1. The number of hydrogen-bond acceptors (Lipinski definition) is 8. The molecule has 0 bridgehead atoms. The maximum atomic E-state index is 12.9. The molecule has 2 aliphatic rings. The van der Waals surface area contributed by atoms with Crippen molar-refractivity contribution in [1.82, 2.24) is 9.97 Å². The van der Waals surface area contributed by atoms with Gasteiger partial charge in [-0.3, -0.25) is 5.32 Å². The van der Waals surface area contributed by atoms with Gasteiger partial charge in [-0.1, -0.05) is 18.2 Å². The van der Waals surface area contributed by atoms with Crippen LogP contribution < -0.4 is 15.5 Å². The molecule has 2 aliphatic heterocycles. The van der Waals surface area contributed by atoms with Crippen molar-refractivity contribution in [3.8, 4) is 11.3 Å². The number of aromatic nitrogens is 2. The maximum Gasteiger partial charge on any atom is 0.416 e. The summed E-state index contributed by atoms with van der Waals surface area (Å²) in [6.07, 6.45) is -5.44. The van der Waals surface area contributed by atoms with Gasteiger partial charge in [-0.2, -0.15) is 13.2 Å². The molecule has 12 heteroatoms. The second-order valence-electron chi connectivity index (χ2n) is 9.20. The number of ether oxygens (including phenoxy) is 3. The molecule has 4 unspecified atom stereocenters. The van der Waals surface area contributed by atoms with Gasteiger partial charge in [0.15, 0.2) is 6.10 Å². The first-order valence-electron chi connectivity index (χ1n) is 11.9. The lowest BCUT2D eigenvalue weighted by atomic mass is 10.1. The normalized spacial score (nSPS) is 22.6. The Labute approximate surface area is 216 Å². The van der Waals surface area contributed by atoms with Crippen molar-refractivity contribution >= 4 is 23.4 Å². The number of rotatable bonds is 6. The molecule has 0 spiro atoms. The third-order valence-corrected chi connectivity index (χ3v) is 6.35. The number of fused-ring (bicyclic) bond motifs is 1. The van der Waals surface area contributed by atoms with E-state index < -0.39 is 36.1 Å². The number of hydrogen-bond donors (Lipinski definition) is 2. The van der Waals surface area contributed by atoms with Crippen LogP contribution in [-0.2, 0) is 20.4 Å². The van der Waals surface area contributed by atoms with Crippen molar-refractivity contribution in [3.05, 3.63) is 66.4 Å². The quantitative estimate of drug-likeness (QED) is 0.484. The summed E-state index contributed by atoms with van der Waals surface area (Å²) in [7, 11) is 3.95. The Morgan fingerprint density at radius 3 is 2.55 bits per heavy atom. The fraction of sp³-hybridized carbons (Fsp3) is 0.346. The molecule has 1 aromatic heterocycles. The molecule has 2 saturated heterocycles. The summed E-state index contributed by atoms with van der Waals surface area (Å²) in [5.41, 5.74) is 1.88. The molecule has 200 valence electrons. The van der Waals surface area contributed by atoms with E-state index in [1.54, 1.807) is 6.20 Å². The third-order valence-electron chi connectivity index (χ3n) is 6.35. The van der Waals surface area contributed by atoms with Crippen LogP contribution in [0.25, 0.3) is 11.3 Å². The summed E-state index contributed by atoms with van der Waals surface area (Å²) in [6, 6.07) is 13.9. The highest BCUT2D eigenvalue weighted by Crippen LogP contribution is 2.32. The van der Waals surface area contributed by atoms with Crippen molar-refractivity contribution in [3.63, 3.8) is 0 Å². The molecule has 4 atom stereocenters. The zero-order valence-corrected chi connectivity index (χ0v) is 20.6. The molecular weight excluding hydrogens is 503 g/mol. The van der Waals surface area contributed by atoms with E-state index in [4.69, 9.17) is 14.2 Å². The van der Waals surface area contributed by atoms with Gasteiger partial charge in [-0.15, -0.1) is 0 Å². The van der Waals surface area contributed by atoms with E-state index in [0.29, 0.717) is 5.95 Å². The molecule has 3 aromatic rings. The fourth-order valence-electron chi connectivity index (χ4n) is 4.43. The highest BCUT2D eigenvalue weighted by molar-refractivity contribution is 5.84. The SMILES string of the molecule is CN(C)c1ccc(-c2ccnc(NC3COC4C(OC(=O)Nc5cccc(C(F)(F)F)c5)COC34)n2)cc1. The summed E-state index contributed by atoms with van der Waals surface area (Å²) in [5, 5.41) is 5.58. The summed E-state index contributed by atoms with van der Waals surface area (Å²) in [4.78, 5) is 23.3. The highest BCUT2D eigenvalue weighted by atomic mass is 19.4. The Morgan fingerprint density at radius 2 is 1.82 bits per heavy atom. The second kappa shape index (κ2) is 10.5. The Bertz CT molecular complexity index is 1290. The number of benzene rings is 2. The number of halogens is 3. The third kappa shape index (κ3) is 5.65. The van der Waals surface area contributed by atoms with Crippen LogP contribution in [-0.4, -0.2) is 67.7 Å². The van der Waals surface area contributed by atoms with E-state index in [2.05, 4.69) is 20.6 Å². The van der Waals surface area contributed by atoms with Crippen LogP contribution in [0.15, 0.2) is 60.8 Å². The lowest BCUT2D eigenvalue weighted by molar-refractivity contribution is -0.137. The van der Waals surface area contributed by atoms with Crippen molar-refractivity contribution in [2.45, 2.75) is 30.5 Å². The molecule has 2 N–H and O–H groups in total. The van der Waals surface area contributed by atoms with Gasteiger partial charge < -0.3 is 24.4 Å². The molecule has 0 radical (unpaired) electrons. The first-order valence-corrected chi connectivity index (χ1v) is 11.9. The van der Waals surface area contributed by atoms with Gasteiger partial charge >= 0.3 is 12.3 Å². The van der Waals surface area contributed by atoms with Gasteiger partial charge in [0.1, 0.15) is 12.2 Å². The van der Waals surface area contributed by atoms with E-state index in [1.165, 1.54) is 12.1 Å². The highest BCUT2D eigenvalue weighted by Gasteiger charge is 2.49. The number of nitrogens with zero attached hydrogens (tertiary/aromatic N) is 3.